The van der Waals surface area contributed by atoms with Crippen LogP contribution < -0.4 is 4.74 Å². The van der Waals surface area contributed by atoms with Crippen LogP contribution in [0.4, 0.5) is 0 Å². The lowest BCUT2D eigenvalue weighted by atomic mass is 10.2. The van der Waals surface area contributed by atoms with Gasteiger partial charge in [0.25, 0.3) is 0 Å². The molecule has 5 heteroatoms. The molecule has 0 fully saturated rings. The molecule has 0 spiro atoms. The Morgan fingerprint density at radius 3 is 2.52 bits per heavy atom. The number of rotatable bonds is 8. The fourth-order valence-corrected chi connectivity index (χ4v) is 2.97. The van der Waals surface area contributed by atoms with E-state index >= 15 is 0 Å². The van der Waals surface area contributed by atoms with Crippen LogP contribution in [0.25, 0.3) is 0 Å². The summed E-state index contributed by atoms with van der Waals surface area (Å²) in [4.78, 5) is 6.87. The van der Waals surface area contributed by atoms with Gasteiger partial charge >= 0.3 is 0 Å². The molecule has 126 valence electrons. The maximum Gasteiger partial charge on any atom is 0.140 e. The Morgan fingerprint density at radius 2 is 1.91 bits per heavy atom. The number of aryl methyl sites for hydroxylation is 1. The van der Waals surface area contributed by atoms with Crippen LogP contribution in [-0.2, 0) is 13.2 Å². The second kappa shape index (κ2) is 8.43. The molecular weight excluding hydrogens is 308 g/mol. The second-order valence-corrected chi connectivity index (χ2v) is 7.15. The van der Waals surface area contributed by atoms with Crippen molar-refractivity contribution < 1.29 is 9.84 Å². The van der Waals surface area contributed by atoms with E-state index in [1.807, 2.05) is 31.2 Å². The van der Waals surface area contributed by atoms with Gasteiger partial charge in [-0.05, 0) is 39.8 Å². The van der Waals surface area contributed by atoms with E-state index in [1.54, 1.807) is 11.3 Å². The predicted molar refractivity (Wildman–Crippen MR) is 94.9 cm³/mol. The van der Waals surface area contributed by atoms with Crippen molar-refractivity contribution in [2.45, 2.75) is 53.0 Å². The molecule has 4 nitrogen and oxygen atoms in total. The first kappa shape index (κ1) is 17.9. The topological polar surface area (TPSA) is 45.6 Å². The highest BCUT2D eigenvalue weighted by molar-refractivity contribution is 7.09. The first-order chi connectivity index (χ1) is 10.9. The summed E-state index contributed by atoms with van der Waals surface area (Å²) in [6, 6.07) is 8.41. The molecule has 2 rings (SSSR count). The van der Waals surface area contributed by atoms with E-state index in [-0.39, 0.29) is 6.10 Å². The molecule has 0 saturated carbocycles. The zero-order valence-electron chi connectivity index (χ0n) is 14.3. The summed E-state index contributed by atoms with van der Waals surface area (Å²) >= 11 is 1.62. The Morgan fingerprint density at radius 1 is 1.22 bits per heavy atom. The number of aliphatic hydroxyl groups is 1. The van der Waals surface area contributed by atoms with Gasteiger partial charge in [0.05, 0.1) is 11.8 Å². The number of hydrogen-bond acceptors (Lipinski definition) is 5. The van der Waals surface area contributed by atoms with Gasteiger partial charge in [-0.15, -0.1) is 11.3 Å². The summed E-state index contributed by atoms with van der Waals surface area (Å²) in [6.07, 6.45) is -0.333. The monoisotopic (exact) mass is 334 g/mol. The smallest absolute Gasteiger partial charge is 0.140 e. The highest BCUT2D eigenvalue weighted by atomic mass is 32.1. The first-order valence-corrected chi connectivity index (χ1v) is 8.87. The van der Waals surface area contributed by atoms with Crippen LogP contribution in [0, 0.1) is 6.92 Å². The summed E-state index contributed by atoms with van der Waals surface area (Å²) in [5, 5.41) is 12.7. The minimum Gasteiger partial charge on any atom is -0.486 e. The fourth-order valence-electron chi connectivity index (χ4n) is 2.27. The minimum absolute atomic E-state index is 0.333. The lowest BCUT2D eigenvalue weighted by molar-refractivity contribution is 0.102. The average Bonchev–Trinajstić information content (AvgIpc) is 2.93. The molecule has 0 bridgehead atoms. The molecule has 0 saturated heterocycles. The Balaban J connectivity index is 1.90. The third-order valence-corrected chi connectivity index (χ3v) is 4.45. The Bertz CT molecular complexity index is 593. The number of aromatic nitrogens is 1. The molecule has 1 aromatic carbocycles. The number of ether oxygens (including phenoxy) is 1. The van der Waals surface area contributed by atoms with Crippen molar-refractivity contribution in [1.29, 1.82) is 0 Å². The normalized spacial score (nSPS) is 12.8. The molecule has 2 aromatic rings. The standard InChI is InChI=1S/C18H26N2O2S/c1-13(2)20(9-15(4)21)10-16-12-23-18(19-16)11-22-17-7-5-14(3)6-8-17/h5-8,12-13,15,21H,9-11H2,1-4H3. The highest BCUT2D eigenvalue weighted by Gasteiger charge is 2.14. The van der Waals surface area contributed by atoms with Crippen LogP contribution >= 0.6 is 11.3 Å². The van der Waals surface area contributed by atoms with Crippen LogP contribution in [0.3, 0.4) is 0 Å². The van der Waals surface area contributed by atoms with Gasteiger partial charge in [0, 0.05) is 24.5 Å². The number of thiazole rings is 1. The summed E-state index contributed by atoms with van der Waals surface area (Å²) in [5.41, 5.74) is 2.26. The molecule has 0 radical (unpaired) electrons. The molecule has 1 N–H and O–H groups in total. The van der Waals surface area contributed by atoms with Gasteiger partial charge < -0.3 is 9.84 Å². The van der Waals surface area contributed by atoms with E-state index in [0.29, 0.717) is 19.2 Å². The van der Waals surface area contributed by atoms with Crippen molar-refractivity contribution in [3.05, 3.63) is 45.9 Å². The van der Waals surface area contributed by atoms with Gasteiger partial charge in [-0.2, -0.15) is 0 Å². The van der Waals surface area contributed by atoms with E-state index in [2.05, 4.69) is 36.0 Å². The first-order valence-electron chi connectivity index (χ1n) is 7.99. The van der Waals surface area contributed by atoms with Gasteiger partial charge in [0.2, 0.25) is 0 Å². The molecule has 0 aliphatic rings. The summed E-state index contributed by atoms with van der Waals surface area (Å²) in [5.74, 6) is 0.866. The third kappa shape index (κ3) is 5.94. The molecule has 0 aliphatic carbocycles. The number of aliphatic hydroxyl groups excluding tert-OH is 1. The van der Waals surface area contributed by atoms with Crippen LogP contribution in [-0.4, -0.2) is 33.7 Å². The highest BCUT2D eigenvalue weighted by Crippen LogP contribution is 2.17. The van der Waals surface area contributed by atoms with E-state index in [9.17, 15) is 5.11 Å². The van der Waals surface area contributed by atoms with Crippen molar-refractivity contribution in [2.24, 2.45) is 0 Å². The van der Waals surface area contributed by atoms with E-state index in [1.165, 1.54) is 5.56 Å². The minimum atomic E-state index is -0.333. The molecule has 0 amide bonds. The van der Waals surface area contributed by atoms with Crippen molar-refractivity contribution in [3.8, 4) is 5.75 Å². The Hall–Kier alpha value is -1.43. The zero-order chi connectivity index (χ0) is 16.8. The van der Waals surface area contributed by atoms with Crippen LogP contribution in [0.2, 0.25) is 0 Å². The van der Waals surface area contributed by atoms with Crippen LogP contribution in [0.1, 0.15) is 37.0 Å². The van der Waals surface area contributed by atoms with E-state index in [0.717, 1.165) is 23.0 Å². The maximum absolute atomic E-state index is 9.61. The van der Waals surface area contributed by atoms with Crippen LogP contribution in [0.5, 0.6) is 5.75 Å². The van der Waals surface area contributed by atoms with Gasteiger partial charge in [0.15, 0.2) is 0 Å². The number of hydrogen-bond donors (Lipinski definition) is 1. The largest absolute Gasteiger partial charge is 0.486 e. The number of benzene rings is 1. The molecule has 1 aromatic heterocycles. The molecule has 1 unspecified atom stereocenters. The zero-order valence-corrected chi connectivity index (χ0v) is 15.1. The summed E-state index contributed by atoms with van der Waals surface area (Å²) in [7, 11) is 0. The molecular formula is C18H26N2O2S. The lowest BCUT2D eigenvalue weighted by Gasteiger charge is -2.26. The second-order valence-electron chi connectivity index (χ2n) is 6.21. The SMILES string of the molecule is Cc1ccc(OCc2nc(CN(CC(C)O)C(C)C)cs2)cc1. The Kier molecular flexibility index (Phi) is 6.57. The molecule has 1 atom stereocenters. The lowest BCUT2D eigenvalue weighted by Crippen LogP contribution is -2.36. The fraction of sp³-hybridized carbons (Fsp3) is 0.500. The maximum atomic E-state index is 9.61. The van der Waals surface area contributed by atoms with Crippen LogP contribution in [0.15, 0.2) is 29.6 Å². The van der Waals surface area contributed by atoms with Gasteiger partial charge in [0.1, 0.15) is 17.4 Å². The predicted octanol–water partition coefficient (Wildman–Crippen LogP) is 3.62. The molecule has 0 aliphatic heterocycles. The van der Waals surface area contributed by atoms with E-state index in [4.69, 9.17) is 4.74 Å². The van der Waals surface area contributed by atoms with Crippen molar-refractivity contribution in [2.75, 3.05) is 6.54 Å². The summed E-state index contributed by atoms with van der Waals surface area (Å²) < 4.78 is 5.77. The average molecular weight is 334 g/mol. The number of nitrogens with zero attached hydrogens (tertiary/aromatic N) is 2. The summed E-state index contributed by atoms with van der Waals surface area (Å²) in [6.45, 7) is 10.0. The quantitative estimate of drug-likeness (QED) is 0.801. The third-order valence-electron chi connectivity index (χ3n) is 3.58. The van der Waals surface area contributed by atoms with Crippen molar-refractivity contribution in [3.63, 3.8) is 0 Å². The van der Waals surface area contributed by atoms with Crippen molar-refractivity contribution >= 4 is 11.3 Å². The molecule has 23 heavy (non-hydrogen) atoms. The van der Waals surface area contributed by atoms with Crippen molar-refractivity contribution in [1.82, 2.24) is 9.88 Å². The van der Waals surface area contributed by atoms with E-state index < -0.39 is 0 Å². The molecule has 1 heterocycles. The Labute approximate surface area is 142 Å². The van der Waals surface area contributed by atoms with Gasteiger partial charge in [-0.1, -0.05) is 17.7 Å². The van der Waals surface area contributed by atoms with Gasteiger partial charge in [-0.25, -0.2) is 4.98 Å². The van der Waals surface area contributed by atoms with Gasteiger partial charge in [-0.3, -0.25) is 4.90 Å².